The van der Waals surface area contributed by atoms with E-state index in [9.17, 15) is 22.0 Å². The molecule has 1 N–H and O–H groups in total. The molecule has 0 unspecified atom stereocenters. The summed E-state index contributed by atoms with van der Waals surface area (Å²) in [5, 5.41) is 9.08. The van der Waals surface area contributed by atoms with Crippen molar-refractivity contribution in [3.8, 4) is 11.6 Å². The first-order valence-electron chi connectivity index (χ1n) is 4.07. The molecule has 0 bridgehead atoms. The Morgan fingerprint density at radius 2 is 2.00 bits per heavy atom. The van der Waals surface area contributed by atoms with Crippen molar-refractivity contribution < 1.29 is 31.8 Å². The van der Waals surface area contributed by atoms with Gasteiger partial charge in [-0.3, -0.25) is 0 Å². The summed E-state index contributed by atoms with van der Waals surface area (Å²) < 4.78 is 63.8. The van der Waals surface area contributed by atoms with Crippen LogP contribution in [0.25, 0.3) is 0 Å². The van der Waals surface area contributed by atoms with Gasteiger partial charge in [-0.2, -0.15) is 0 Å². The number of pyridine rings is 1. The summed E-state index contributed by atoms with van der Waals surface area (Å²) in [6, 6.07) is 0.655. The molecule has 1 aromatic heterocycles. The second-order valence-electron chi connectivity index (χ2n) is 2.84. The molecule has 0 saturated heterocycles. The fraction of sp³-hybridized carbons (Fsp3) is 0.375. The van der Waals surface area contributed by atoms with Crippen LogP contribution < -0.4 is 4.74 Å². The lowest BCUT2D eigenvalue weighted by Gasteiger charge is -2.13. The van der Waals surface area contributed by atoms with Crippen LogP contribution in [0.2, 0.25) is 0 Å². The topological polar surface area (TPSA) is 42.4 Å². The number of aromatic nitrogens is 1. The van der Waals surface area contributed by atoms with Gasteiger partial charge in [-0.15, -0.1) is 24.8 Å². The van der Waals surface area contributed by atoms with Gasteiger partial charge in [-0.1, -0.05) is 0 Å². The fourth-order valence-electron chi connectivity index (χ4n) is 0.993. The first-order chi connectivity index (χ1) is 7.74. The minimum atomic E-state index is -5.08. The molecular formula is C8H5ClF5NO2. The molecule has 0 aliphatic carbocycles. The Morgan fingerprint density at radius 3 is 2.41 bits per heavy atom. The van der Waals surface area contributed by atoms with Crippen molar-refractivity contribution in [3.63, 3.8) is 0 Å². The van der Waals surface area contributed by atoms with Gasteiger partial charge in [0.25, 0.3) is 6.43 Å². The van der Waals surface area contributed by atoms with Gasteiger partial charge in [-0.05, 0) is 6.07 Å². The van der Waals surface area contributed by atoms with Crippen molar-refractivity contribution in [2.45, 2.75) is 18.7 Å². The Labute approximate surface area is 96.8 Å². The summed E-state index contributed by atoms with van der Waals surface area (Å²) in [6.45, 7) is 0. The van der Waals surface area contributed by atoms with Crippen molar-refractivity contribution in [2.75, 3.05) is 0 Å². The van der Waals surface area contributed by atoms with E-state index < -0.39 is 36.0 Å². The predicted molar refractivity (Wildman–Crippen MR) is 47.1 cm³/mol. The molecular weight excluding hydrogens is 273 g/mol. The van der Waals surface area contributed by atoms with E-state index >= 15 is 0 Å². The third-order valence-electron chi connectivity index (χ3n) is 1.63. The van der Waals surface area contributed by atoms with E-state index in [1.54, 1.807) is 0 Å². The average Bonchev–Trinajstić information content (AvgIpc) is 2.17. The normalized spacial score (nSPS) is 11.9. The van der Waals surface area contributed by atoms with E-state index in [0.29, 0.717) is 6.07 Å². The molecule has 0 aliphatic heterocycles. The Morgan fingerprint density at radius 1 is 1.41 bits per heavy atom. The molecule has 96 valence electrons. The highest BCUT2D eigenvalue weighted by atomic mass is 35.5. The smallest absolute Gasteiger partial charge is 0.506 e. The van der Waals surface area contributed by atoms with E-state index in [0.717, 1.165) is 0 Å². The lowest BCUT2D eigenvalue weighted by Crippen LogP contribution is -2.19. The van der Waals surface area contributed by atoms with Crippen molar-refractivity contribution in [3.05, 3.63) is 17.3 Å². The molecule has 0 radical (unpaired) electrons. The number of alkyl halides is 6. The van der Waals surface area contributed by atoms with E-state index in [4.69, 9.17) is 16.7 Å². The van der Waals surface area contributed by atoms with Gasteiger partial charge in [0.1, 0.15) is 5.75 Å². The molecule has 0 saturated carbocycles. The molecule has 1 aromatic rings. The van der Waals surface area contributed by atoms with E-state index in [1.165, 1.54) is 0 Å². The molecule has 0 amide bonds. The van der Waals surface area contributed by atoms with Crippen LogP contribution in [0.3, 0.4) is 0 Å². The first-order valence-corrected chi connectivity index (χ1v) is 4.60. The van der Waals surface area contributed by atoms with Crippen LogP contribution in [-0.4, -0.2) is 16.5 Å². The quantitative estimate of drug-likeness (QED) is 0.680. The largest absolute Gasteiger partial charge is 0.574 e. The first kappa shape index (κ1) is 13.8. The molecule has 0 atom stereocenters. The second-order valence-corrected chi connectivity index (χ2v) is 3.11. The number of rotatable bonds is 3. The van der Waals surface area contributed by atoms with Gasteiger partial charge in [0, 0.05) is 5.56 Å². The number of hydrogen-bond acceptors (Lipinski definition) is 3. The monoisotopic (exact) mass is 277 g/mol. The van der Waals surface area contributed by atoms with Gasteiger partial charge in [0.15, 0.2) is 5.69 Å². The maximum Gasteiger partial charge on any atom is 0.574 e. The highest BCUT2D eigenvalue weighted by Crippen LogP contribution is 2.34. The maximum absolute atomic E-state index is 12.3. The van der Waals surface area contributed by atoms with Crippen molar-refractivity contribution in [2.24, 2.45) is 0 Å². The molecule has 9 heteroatoms. The van der Waals surface area contributed by atoms with Gasteiger partial charge in [0.05, 0.1) is 5.88 Å². The SMILES string of the molecule is Oc1cc(CCl)c(OC(F)(F)F)nc1C(F)F. The van der Waals surface area contributed by atoms with Crippen LogP contribution in [0.15, 0.2) is 6.07 Å². The molecule has 3 nitrogen and oxygen atoms in total. The number of ether oxygens (including phenoxy) is 1. The molecule has 17 heavy (non-hydrogen) atoms. The zero-order valence-electron chi connectivity index (χ0n) is 7.93. The standard InChI is InChI=1S/C8H5ClF5NO2/c9-2-3-1-4(16)5(6(10)11)15-7(3)17-8(12,13)14/h1,6,16H,2H2. The second kappa shape index (κ2) is 4.91. The Kier molecular flexibility index (Phi) is 3.97. The van der Waals surface area contributed by atoms with E-state index in [2.05, 4.69) is 9.72 Å². The summed E-state index contributed by atoms with van der Waals surface area (Å²) in [7, 11) is 0. The van der Waals surface area contributed by atoms with E-state index in [-0.39, 0.29) is 5.56 Å². The van der Waals surface area contributed by atoms with Crippen LogP contribution in [-0.2, 0) is 5.88 Å². The Balaban J connectivity index is 3.22. The fourth-order valence-corrected chi connectivity index (χ4v) is 1.18. The Hall–Kier alpha value is -1.31. The van der Waals surface area contributed by atoms with Crippen molar-refractivity contribution in [1.82, 2.24) is 4.98 Å². The molecule has 1 rings (SSSR count). The minimum Gasteiger partial charge on any atom is -0.506 e. The van der Waals surface area contributed by atoms with Gasteiger partial charge >= 0.3 is 6.36 Å². The highest BCUT2D eigenvalue weighted by molar-refractivity contribution is 6.17. The number of halogens is 6. The lowest BCUT2D eigenvalue weighted by atomic mass is 10.2. The zero-order chi connectivity index (χ0) is 13.2. The van der Waals surface area contributed by atoms with E-state index in [1.807, 2.05) is 0 Å². The maximum atomic E-state index is 12.3. The number of nitrogens with zero attached hydrogens (tertiary/aromatic N) is 1. The molecule has 0 aliphatic rings. The van der Waals surface area contributed by atoms with Crippen LogP contribution in [0.1, 0.15) is 17.7 Å². The van der Waals surface area contributed by atoms with Gasteiger partial charge in [-0.25, -0.2) is 13.8 Å². The third kappa shape index (κ3) is 3.58. The van der Waals surface area contributed by atoms with Crippen LogP contribution in [0.5, 0.6) is 11.6 Å². The van der Waals surface area contributed by atoms with Crippen LogP contribution in [0, 0.1) is 0 Å². The summed E-state index contributed by atoms with van der Waals surface area (Å²) >= 11 is 5.28. The van der Waals surface area contributed by atoms with Gasteiger partial charge < -0.3 is 9.84 Å². The Bertz CT molecular complexity index is 410. The minimum absolute atomic E-state index is 0.342. The average molecular weight is 278 g/mol. The van der Waals surface area contributed by atoms with Crippen LogP contribution in [0.4, 0.5) is 22.0 Å². The molecule has 0 fully saturated rings. The number of aromatic hydroxyl groups is 1. The number of hydrogen-bond donors (Lipinski definition) is 1. The lowest BCUT2D eigenvalue weighted by molar-refractivity contribution is -0.276. The summed E-state index contributed by atoms with van der Waals surface area (Å²) in [5.74, 6) is -2.51. The molecule has 0 aromatic carbocycles. The van der Waals surface area contributed by atoms with Gasteiger partial charge in [0.2, 0.25) is 5.88 Å². The summed E-state index contributed by atoms with van der Waals surface area (Å²) in [5.41, 5.74) is -1.54. The summed E-state index contributed by atoms with van der Waals surface area (Å²) in [4.78, 5) is 2.90. The zero-order valence-corrected chi connectivity index (χ0v) is 8.69. The highest BCUT2D eigenvalue weighted by Gasteiger charge is 2.34. The van der Waals surface area contributed by atoms with Crippen molar-refractivity contribution >= 4 is 11.6 Å². The summed E-state index contributed by atoms with van der Waals surface area (Å²) in [6.07, 6.45) is -8.31. The van der Waals surface area contributed by atoms with Crippen LogP contribution >= 0.6 is 11.6 Å². The van der Waals surface area contributed by atoms with Crippen molar-refractivity contribution in [1.29, 1.82) is 0 Å². The third-order valence-corrected chi connectivity index (χ3v) is 1.92. The molecule has 1 heterocycles. The predicted octanol–water partition coefficient (Wildman–Crippen LogP) is 3.36. The molecule has 0 spiro atoms.